The summed E-state index contributed by atoms with van der Waals surface area (Å²) in [5, 5.41) is 0. The van der Waals surface area contributed by atoms with E-state index in [0.29, 0.717) is 0 Å². The standard InChI is InChI=1S/C12H18.3C10H15N.4CH4/c1-7-8(2)10(4)12(6)11(5)9(7)3;3*1-6-7(2)9(4)11-10(5)8(6)3;;;;/h1-6H3;3*1-5H3;4*1H4. The molecule has 0 saturated heterocycles. The molecule has 0 atom stereocenters. The number of nitrogens with zero attached hydrogens (tertiary/aromatic N) is 3. The lowest BCUT2D eigenvalue weighted by atomic mass is 9.90. The maximum atomic E-state index is 4.43. The minimum Gasteiger partial charge on any atom is -0.258 e. The van der Waals surface area contributed by atoms with E-state index in [9.17, 15) is 0 Å². The van der Waals surface area contributed by atoms with Gasteiger partial charge in [0.2, 0.25) is 0 Å². The molecule has 3 nitrogen and oxygen atoms in total. The fraction of sp³-hybridized carbons (Fsp3) is 0.543. The van der Waals surface area contributed by atoms with E-state index in [0.717, 1.165) is 34.2 Å². The van der Waals surface area contributed by atoms with Crippen LogP contribution in [0.2, 0.25) is 0 Å². The number of hydrogen-bond donors (Lipinski definition) is 0. The van der Waals surface area contributed by atoms with Crippen molar-refractivity contribution in [1.29, 1.82) is 0 Å². The highest BCUT2D eigenvalue weighted by atomic mass is 14.7. The van der Waals surface area contributed by atoms with E-state index in [1.165, 1.54) is 83.5 Å². The van der Waals surface area contributed by atoms with E-state index in [1.807, 2.05) is 0 Å². The van der Waals surface area contributed by atoms with Crippen LogP contribution in [0.1, 0.15) is 147 Å². The van der Waals surface area contributed by atoms with E-state index in [-0.39, 0.29) is 29.7 Å². The van der Waals surface area contributed by atoms with E-state index in [4.69, 9.17) is 0 Å². The van der Waals surface area contributed by atoms with Crippen LogP contribution in [0.5, 0.6) is 0 Å². The lowest BCUT2D eigenvalue weighted by Crippen LogP contribution is -1.98. The molecule has 0 amide bonds. The molecule has 4 aromatic rings. The van der Waals surface area contributed by atoms with Gasteiger partial charge in [-0.05, 0) is 229 Å². The highest BCUT2D eigenvalue weighted by Crippen LogP contribution is 2.25. The molecule has 4 rings (SSSR count). The van der Waals surface area contributed by atoms with Crippen LogP contribution in [0.3, 0.4) is 0 Å². The monoisotopic (exact) mass is 674 g/mol. The Morgan fingerprint density at radius 2 is 0.245 bits per heavy atom. The summed E-state index contributed by atoms with van der Waals surface area (Å²) in [5.74, 6) is 0. The predicted octanol–water partition coefficient (Wildman–Crippen LogP) is 14.0. The van der Waals surface area contributed by atoms with Crippen molar-refractivity contribution < 1.29 is 0 Å². The van der Waals surface area contributed by atoms with E-state index in [2.05, 4.69) is 160 Å². The van der Waals surface area contributed by atoms with Crippen LogP contribution in [0, 0.1) is 145 Å². The zero-order chi connectivity index (χ0) is 35.2. The quantitative estimate of drug-likeness (QED) is 0.186. The molecule has 1 aromatic carbocycles. The van der Waals surface area contributed by atoms with E-state index in [1.54, 1.807) is 0 Å². The molecule has 0 spiro atoms. The van der Waals surface area contributed by atoms with Gasteiger partial charge < -0.3 is 0 Å². The number of rotatable bonds is 0. The topological polar surface area (TPSA) is 38.7 Å². The zero-order valence-electron chi connectivity index (χ0n) is 32.8. The predicted molar refractivity (Wildman–Crippen MR) is 226 cm³/mol. The summed E-state index contributed by atoms with van der Waals surface area (Å²) in [4.78, 5) is 13.3. The Morgan fingerprint density at radius 1 is 0.163 bits per heavy atom. The smallest absolute Gasteiger partial charge is 0.0407 e. The number of aromatic nitrogens is 3. The minimum atomic E-state index is 0. The third-order valence-corrected chi connectivity index (χ3v) is 11.0. The Balaban J connectivity index is -0.000000268. The molecule has 0 aliphatic heterocycles. The highest BCUT2D eigenvalue weighted by molar-refractivity contribution is 5.48. The highest BCUT2D eigenvalue weighted by Gasteiger charge is 2.08. The Morgan fingerprint density at radius 3 is 0.347 bits per heavy atom. The summed E-state index contributed by atoms with van der Waals surface area (Å²) in [6.07, 6.45) is 0. The van der Waals surface area contributed by atoms with Crippen LogP contribution in [0.4, 0.5) is 0 Å². The maximum absolute atomic E-state index is 4.43. The van der Waals surface area contributed by atoms with E-state index >= 15 is 0 Å². The van der Waals surface area contributed by atoms with Gasteiger partial charge in [0.25, 0.3) is 0 Å². The van der Waals surface area contributed by atoms with Gasteiger partial charge in [-0.1, -0.05) is 29.7 Å². The van der Waals surface area contributed by atoms with Crippen molar-refractivity contribution in [2.75, 3.05) is 0 Å². The molecule has 0 fully saturated rings. The van der Waals surface area contributed by atoms with Crippen molar-refractivity contribution in [2.45, 2.75) is 175 Å². The number of aryl methyl sites for hydroxylation is 6. The molecule has 0 N–H and O–H groups in total. The first-order valence-corrected chi connectivity index (χ1v) is 16.3. The molecule has 0 aliphatic carbocycles. The Labute approximate surface area is 306 Å². The Hall–Kier alpha value is -3.33. The van der Waals surface area contributed by atoms with Gasteiger partial charge in [-0.25, -0.2) is 0 Å². The van der Waals surface area contributed by atoms with Crippen molar-refractivity contribution >= 4 is 0 Å². The largest absolute Gasteiger partial charge is 0.258 e. The third-order valence-electron chi connectivity index (χ3n) is 11.0. The minimum absolute atomic E-state index is 0. The van der Waals surface area contributed by atoms with Crippen LogP contribution in [0.25, 0.3) is 0 Å². The second-order valence-corrected chi connectivity index (χ2v) is 13.2. The molecule has 49 heavy (non-hydrogen) atoms. The fourth-order valence-electron chi connectivity index (χ4n) is 5.42. The summed E-state index contributed by atoms with van der Waals surface area (Å²) >= 11 is 0. The fourth-order valence-corrected chi connectivity index (χ4v) is 5.42. The van der Waals surface area contributed by atoms with Crippen molar-refractivity contribution in [3.8, 4) is 0 Å². The molecule has 0 saturated carbocycles. The molecule has 0 unspecified atom stereocenters. The SMILES string of the molecule is C.C.C.C.Cc1c(C)c(C)c(C)c(C)c1C.Cc1nc(C)c(C)c(C)c1C.Cc1nc(C)c(C)c(C)c1C.Cc1nc(C)c(C)c(C)c1C. The van der Waals surface area contributed by atoms with Crippen LogP contribution in [-0.2, 0) is 0 Å². The van der Waals surface area contributed by atoms with Crippen molar-refractivity contribution in [3.05, 3.63) is 118 Å². The summed E-state index contributed by atoms with van der Waals surface area (Å²) in [6, 6.07) is 0. The van der Waals surface area contributed by atoms with Gasteiger partial charge in [0, 0.05) is 34.2 Å². The van der Waals surface area contributed by atoms with Crippen molar-refractivity contribution in [2.24, 2.45) is 0 Å². The molecular weight excluding hydrogens is 595 g/mol. The summed E-state index contributed by atoms with van der Waals surface area (Å²) in [5.41, 5.74) is 27.8. The summed E-state index contributed by atoms with van der Waals surface area (Å²) in [7, 11) is 0. The number of benzene rings is 1. The van der Waals surface area contributed by atoms with Crippen LogP contribution < -0.4 is 0 Å². The van der Waals surface area contributed by atoms with Crippen molar-refractivity contribution in [1.82, 2.24) is 15.0 Å². The molecule has 3 aromatic heterocycles. The number of pyridine rings is 3. The van der Waals surface area contributed by atoms with Crippen LogP contribution >= 0.6 is 0 Å². The average Bonchev–Trinajstić information content (AvgIpc) is 3.00. The molecular formula is C46H79N3. The van der Waals surface area contributed by atoms with Crippen LogP contribution in [0.15, 0.2) is 0 Å². The molecule has 0 aliphatic rings. The normalized spacial score (nSPS) is 9.49. The van der Waals surface area contributed by atoms with Gasteiger partial charge in [0.05, 0.1) is 0 Å². The number of hydrogen-bond acceptors (Lipinski definition) is 3. The van der Waals surface area contributed by atoms with Gasteiger partial charge >= 0.3 is 0 Å². The van der Waals surface area contributed by atoms with Crippen molar-refractivity contribution in [3.63, 3.8) is 0 Å². The van der Waals surface area contributed by atoms with Gasteiger partial charge in [-0.15, -0.1) is 0 Å². The second-order valence-electron chi connectivity index (χ2n) is 13.2. The zero-order valence-corrected chi connectivity index (χ0v) is 32.8. The van der Waals surface area contributed by atoms with E-state index < -0.39 is 0 Å². The summed E-state index contributed by atoms with van der Waals surface area (Å²) < 4.78 is 0. The lowest BCUT2D eigenvalue weighted by Gasteiger charge is -2.15. The van der Waals surface area contributed by atoms with Gasteiger partial charge in [0.1, 0.15) is 0 Å². The lowest BCUT2D eigenvalue weighted by molar-refractivity contribution is 1.03. The van der Waals surface area contributed by atoms with Gasteiger partial charge in [-0.3, -0.25) is 15.0 Å². The molecule has 3 heterocycles. The third kappa shape index (κ3) is 12.5. The Kier molecular flexibility index (Phi) is 23.2. The first-order valence-electron chi connectivity index (χ1n) is 16.3. The molecule has 0 radical (unpaired) electrons. The first kappa shape index (κ1) is 52.5. The van der Waals surface area contributed by atoms with Gasteiger partial charge in [-0.2, -0.15) is 0 Å². The summed E-state index contributed by atoms with van der Waals surface area (Å²) in [6.45, 7) is 44.9. The maximum Gasteiger partial charge on any atom is 0.0407 e. The van der Waals surface area contributed by atoms with Gasteiger partial charge in [0.15, 0.2) is 0 Å². The average molecular weight is 674 g/mol. The Bertz CT molecular complexity index is 1360. The molecule has 3 heteroatoms. The van der Waals surface area contributed by atoms with Crippen LogP contribution in [-0.4, -0.2) is 15.0 Å². The molecule has 278 valence electrons. The second kappa shape index (κ2) is 21.7. The first-order chi connectivity index (χ1) is 20.6. The molecule has 0 bridgehead atoms.